The summed E-state index contributed by atoms with van der Waals surface area (Å²) in [5, 5.41) is 2.67. The number of aromatic nitrogens is 3. The summed E-state index contributed by atoms with van der Waals surface area (Å²) in [7, 11) is 0. The number of hydrogen-bond donors (Lipinski definition) is 1. The standard InChI is InChI=1S/C19H15N3O2/c1-2-22-17-16(18(23)21-19(22)24)15(9-10-20-17)14-8-7-12-5-3-4-6-13(12)11-14/h3-11H,2H2,1H3,(H,21,23,24). The average molecular weight is 317 g/mol. The molecule has 4 rings (SSSR count). The number of rotatable bonds is 2. The summed E-state index contributed by atoms with van der Waals surface area (Å²) in [6.07, 6.45) is 1.64. The van der Waals surface area contributed by atoms with Crippen molar-refractivity contribution < 1.29 is 0 Å². The highest BCUT2D eigenvalue weighted by Gasteiger charge is 2.13. The third-order valence-electron chi connectivity index (χ3n) is 4.26. The highest BCUT2D eigenvalue weighted by Crippen LogP contribution is 2.27. The molecule has 0 amide bonds. The number of nitrogens with one attached hydrogen (secondary N) is 1. The molecule has 0 unspecified atom stereocenters. The van der Waals surface area contributed by atoms with Crippen LogP contribution >= 0.6 is 0 Å². The molecule has 0 aliphatic carbocycles. The van der Waals surface area contributed by atoms with Gasteiger partial charge >= 0.3 is 5.69 Å². The van der Waals surface area contributed by atoms with E-state index in [1.165, 1.54) is 4.57 Å². The molecule has 0 spiro atoms. The fourth-order valence-corrected chi connectivity index (χ4v) is 3.09. The molecule has 0 bridgehead atoms. The van der Waals surface area contributed by atoms with Crippen LogP contribution in [-0.4, -0.2) is 14.5 Å². The minimum atomic E-state index is -0.432. The van der Waals surface area contributed by atoms with Crippen LogP contribution in [0, 0.1) is 0 Å². The lowest BCUT2D eigenvalue weighted by Gasteiger charge is -2.10. The van der Waals surface area contributed by atoms with Gasteiger partial charge in [0.05, 0.1) is 5.39 Å². The van der Waals surface area contributed by atoms with Gasteiger partial charge in [-0.1, -0.05) is 36.4 Å². The summed E-state index contributed by atoms with van der Waals surface area (Å²) in [4.78, 5) is 31.0. The molecule has 24 heavy (non-hydrogen) atoms. The quantitative estimate of drug-likeness (QED) is 0.618. The zero-order chi connectivity index (χ0) is 16.7. The maximum Gasteiger partial charge on any atom is 0.329 e. The summed E-state index contributed by atoms with van der Waals surface area (Å²) in [5.41, 5.74) is 1.27. The molecule has 0 saturated heterocycles. The van der Waals surface area contributed by atoms with E-state index in [-0.39, 0.29) is 0 Å². The Labute approximate surface area is 137 Å². The first-order valence-corrected chi connectivity index (χ1v) is 7.80. The Hall–Kier alpha value is -3.21. The van der Waals surface area contributed by atoms with Gasteiger partial charge in [-0.25, -0.2) is 9.78 Å². The van der Waals surface area contributed by atoms with E-state index in [9.17, 15) is 9.59 Å². The highest BCUT2D eigenvalue weighted by atomic mass is 16.2. The molecule has 0 aliphatic heterocycles. The second-order valence-corrected chi connectivity index (χ2v) is 5.62. The number of fused-ring (bicyclic) bond motifs is 2. The van der Waals surface area contributed by atoms with Gasteiger partial charge in [0.1, 0.15) is 5.65 Å². The Morgan fingerprint density at radius 2 is 1.83 bits per heavy atom. The van der Waals surface area contributed by atoms with Crippen molar-refractivity contribution in [1.82, 2.24) is 14.5 Å². The molecule has 0 fully saturated rings. The van der Waals surface area contributed by atoms with E-state index >= 15 is 0 Å². The third-order valence-corrected chi connectivity index (χ3v) is 4.26. The van der Waals surface area contributed by atoms with Crippen LogP contribution in [0.2, 0.25) is 0 Å². The Morgan fingerprint density at radius 1 is 1.04 bits per heavy atom. The fourth-order valence-electron chi connectivity index (χ4n) is 3.09. The number of nitrogens with zero attached hydrogens (tertiary/aromatic N) is 2. The van der Waals surface area contributed by atoms with E-state index in [2.05, 4.69) is 9.97 Å². The molecule has 4 aromatic rings. The fraction of sp³-hybridized carbons (Fsp3) is 0.105. The zero-order valence-corrected chi connectivity index (χ0v) is 13.1. The van der Waals surface area contributed by atoms with E-state index in [1.54, 1.807) is 6.20 Å². The minimum Gasteiger partial charge on any atom is -0.278 e. The molecule has 5 heteroatoms. The second kappa shape index (κ2) is 5.45. The Balaban J connectivity index is 2.09. The molecule has 5 nitrogen and oxygen atoms in total. The van der Waals surface area contributed by atoms with Crippen molar-refractivity contribution in [2.45, 2.75) is 13.5 Å². The van der Waals surface area contributed by atoms with Gasteiger partial charge in [-0.3, -0.25) is 14.3 Å². The number of H-pyrrole nitrogens is 1. The minimum absolute atomic E-state index is 0.407. The molecule has 118 valence electrons. The summed E-state index contributed by atoms with van der Waals surface area (Å²) < 4.78 is 1.47. The van der Waals surface area contributed by atoms with Crippen LogP contribution in [0.15, 0.2) is 64.3 Å². The summed E-state index contributed by atoms with van der Waals surface area (Å²) >= 11 is 0. The van der Waals surface area contributed by atoms with Crippen molar-refractivity contribution in [2.24, 2.45) is 0 Å². The van der Waals surface area contributed by atoms with Crippen LogP contribution in [0.25, 0.3) is 32.9 Å². The number of aromatic amines is 1. The van der Waals surface area contributed by atoms with Crippen LogP contribution < -0.4 is 11.2 Å². The molecular weight excluding hydrogens is 302 g/mol. The smallest absolute Gasteiger partial charge is 0.278 e. The molecule has 0 radical (unpaired) electrons. The van der Waals surface area contributed by atoms with E-state index in [0.29, 0.717) is 17.6 Å². The molecule has 2 aromatic heterocycles. The molecule has 0 atom stereocenters. The number of aryl methyl sites for hydroxylation is 1. The van der Waals surface area contributed by atoms with Crippen LogP contribution in [0.4, 0.5) is 0 Å². The average Bonchev–Trinajstić information content (AvgIpc) is 2.61. The van der Waals surface area contributed by atoms with Gasteiger partial charge in [-0.2, -0.15) is 0 Å². The van der Waals surface area contributed by atoms with E-state index in [0.717, 1.165) is 21.9 Å². The molecule has 0 saturated carbocycles. The molecule has 1 N–H and O–H groups in total. The van der Waals surface area contributed by atoms with Gasteiger partial charge in [0.25, 0.3) is 5.56 Å². The van der Waals surface area contributed by atoms with Gasteiger partial charge < -0.3 is 0 Å². The van der Waals surface area contributed by atoms with Crippen LogP contribution in [0.3, 0.4) is 0 Å². The summed E-state index contributed by atoms with van der Waals surface area (Å²) in [6.45, 7) is 2.30. The predicted octanol–water partition coefficient (Wildman–Crippen LogP) is 2.92. The monoisotopic (exact) mass is 317 g/mol. The Kier molecular flexibility index (Phi) is 3.27. The first-order valence-electron chi connectivity index (χ1n) is 7.80. The highest BCUT2D eigenvalue weighted by molar-refractivity contribution is 5.95. The topological polar surface area (TPSA) is 67.8 Å². The maximum absolute atomic E-state index is 12.4. The third kappa shape index (κ3) is 2.13. The van der Waals surface area contributed by atoms with Gasteiger partial charge in [0.15, 0.2) is 0 Å². The lowest BCUT2D eigenvalue weighted by atomic mass is 10.00. The van der Waals surface area contributed by atoms with Crippen molar-refractivity contribution in [3.8, 4) is 11.1 Å². The van der Waals surface area contributed by atoms with Gasteiger partial charge in [-0.05, 0) is 41.0 Å². The lowest BCUT2D eigenvalue weighted by molar-refractivity contribution is 0.718. The molecule has 2 heterocycles. The summed E-state index contributed by atoms with van der Waals surface area (Å²) in [6, 6.07) is 15.9. The predicted molar refractivity (Wildman–Crippen MR) is 95.2 cm³/mol. The SMILES string of the molecule is CCn1c(=O)[nH]c(=O)c2c(-c3ccc4ccccc4c3)ccnc21. The molecule has 0 aliphatic rings. The summed E-state index contributed by atoms with van der Waals surface area (Å²) in [5.74, 6) is 0. The number of hydrogen-bond acceptors (Lipinski definition) is 3. The van der Waals surface area contributed by atoms with Gasteiger partial charge in [0, 0.05) is 12.7 Å². The molecule has 2 aromatic carbocycles. The van der Waals surface area contributed by atoms with Crippen molar-refractivity contribution in [1.29, 1.82) is 0 Å². The van der Waals surface area contributed by atoms with Crippen molar-refractivity contribution in [2.75, 3.05) is 0 Å². The molecular formula is C19H15N3O2. The Bertz CT molecular complexity index is 1190. The number of benzene rings is 2. The second-order valence-electron chi connectivity index (χ2n) is 5.62. The van der Waals surface area contributed by atoms with Crippen molar-refractivity contribution in [3.63, 3.8) is 0 Å². The van der Waals surface area contributed by atoms with Crippen molar-refractivity contribution >= 4 is 21.8 Å². The Morgan fingerprint density at radius 3 is 2.62 bits per heavy atom. The van der Waals surface area contributed by atoms with Crippen LogP contribution in [0.1, 0.15) is 6.92 Å². The van der Waals surface area contributed by atoms with E-state index < -0.39 is 11.2 Å². The van der Waals surface area contributed by atoms with Crippen LogP contribution in [0.5, 0.6) is 0 Å². The van der Waals surface area contributed by atoms with Crippen molar-refractivity contribution in [3.05, 3.63) is 75.6 Å². The first kappa shape index (κ1) is 14.4. The normalized spacial score (nSPS) is 11.2. The van der Waals surface area contributed by atoms with E-state index in [1.807, 2.05) is 55.5 Å². The number of pyridine rings is 1. The first-order chi connectivity index (χ1) is 11.7. The van der Waals surface area contributed by atoms with Gasteiger partial charge in [0.2, 0.25) is 0 Å². The van der Waals surface area contributed by atoms with Gasteiger partial charge in [-0.15, -0.1) is 0 Å². The zero-order valence-electron chi connectivity index (χ0n) is 13.1. The van der Waals surface area contributed by atoms with E-state index in [4.69, 9.17) is 0 Å². The largest absolute Gasteiger partial charge is 0.329 e. The van der Waals surface area contributed by atoms with Crippen LogP contribution in [-0.2, 0) is 6.54 Å². The lowest BCUT2D eigenvalue weighted by Crippen LogP contribution is -2.30. The maximum atomic E-state index is 12.4.